The Morgan fingerprint density at radius 1 is 1.18 bits per heavy atom. The van der Waals surface area contributed by atoms with Crippen molar-refractivity contribution in [3.05, 3.63) is 81.9 Å². The predicted molar refractivity (Wildman–Crippen MR) is 136 cm³/mol. The van der Waals surface area contributed by atoms with Crippen molar-refractivity contribution in [1.82, 2.24) is 10.2 Å². The van der Waals surface area contributed by atoms with E-state index in [2.05, 4.69) is 17.9 Å². The number of nitrogens with one attached hydrogen (secondary N) is 1. The fourth-order valence-electron chi connectivity index (χ4n) is 2.93. The van der Waals surface area contributed by atoms with Crippen molar-refractivity contribution in [1.29, 1.82) is 0 Å². The van der Waals surface area contributed by atoms with Gasteiger partial charge < -0.3 is 14.5 Å². The Labute approximate surface area is 207 Å². The molecule has 1 heterocycles. The molecule has 0 aliphatic heterocycles. The second-order valence-electron chi connectivity index (χ2n) is 6.88. The van der Waals surface area contributed by atoms with Crippen LogP contribution in [-0.2, 0) is 16.1 Å². The van der Waals surface area contributed by atoms with Crippen molar-refractivity contribution < 1.29 is 18.7 Å². The third-order valence-corrected chi connectivity index (χ3v) is 5.49. The lowest BCUT2D eigenvalue weighted by molar-refractivity contribution is -0.129. The highest BCUT2D eigenvalue weighted by Gasteiger charge is 2.18. The van der Waals surface area contributed by atoms with E-state index in [1.807, 2.05) is 42.5 Å². The van der Waals surface area contributed by atoms with E-state index < -0.39 is 5.91 Å². The van der Waals surface area contributed by atoms with Crippen molar-refractivity contribution in [2.45, 2.75) is 6.54 Å². The Morgan fingerprint density at radius 3 is 2.70 bits per heavy atom. The second-order valence-corrected chi connectivity index (χ2v) is 7.98. The Morgan fingerprint density at radius 2 is 1.97 bits per heavy atom. The molecule has 6 nitrogen and oxygen atoms in total. The number of amides is 2. The molecule has 2 amide bonds. The molecule has 1 N–H and O–H groups in total. The molecular weight excluding hydrogens is 480 g/mol. The number of furan rings is 1. The van der Waals surface area contributed by atoms with Crippen LogP contribution in [0.4, 0.5) is 0 Å². The molecule has 2 aromatic carbocycles. The summed E-state index contributed by atoms with van der Waals surface area (Å²) in [4.78, 5) is 26.2. The van der Waals surface area contributed by atoms with E-state index >= 15 is 0 Å². The minimum absolute atomic E-state index is 0.0664. The number of methoxy groups -OCH3 is 1. The molecule has 0 radical (unpaired) electrons. The first-order chi connectivity index (χ1) is 15.9. The molecule has 0 saturated heterocycles. The lowest BCUT2D eigenvalue weighted by Gasteiger charge is -2.16. The molecule has 3 aromatic rings. The van der Waals surface area contributed by atoms with Gasteiger partial charge in [-0.15, -0.1) is 12.6 Å². The lowest BCUT2D eigenvalue weighted by Crippen LogP contribution is -2.39. The van der Waals surface area contributed by atoms with Crippen LogP contribution in [0.1, 0.15) is 11.3 Å². The molecule has 0 spiro atoms. The van der Waals surface area contributed by atoms with Gasteiger partial charge in [0.15, 0.2) is 0 Å². The zero-order valence-electron chi connectivity index (χ0n) is 17.7. The molecule has 0 aliphatic rings. The number of ether oxygens (including phenoxy) is 1. The van der Waals surface area contributed by atoms with Crippen LogP contribution in [0.5, 0.6) is 5.75 Å². The monoisotopic (exact) mass is 500 g/mol. The average molecular weight is 501 g/mol. The number of hydrogen-bond donors (Lipinski definition) is 2. The number of nitrogens with zero attached hydrogens (tertiary/aromatic N) is 1. The van der Waals surface area contributed by atoms with Gasteiger partial charge in [-0.05, 0) is 48.0 Å². The van der Waals surface area contributed by atoms with E-state index in [-0.39, 0.29) is 23.9 Å². The number of halogens is 1. The fourth-order valence-corrected chi connectivity index (χ4v) is 3.59. The summed E-state index contributed by atoms with van der Waals surface area (Å²) in [5.41, 5.74) is 2.72. The first-order valence-corrected chi connectivity index (χ1v) is 11.1. The Hall–Kier alpha value is -3.07. The summed E-state index contributed by atoms with van der Waals surface area (Å²) in [6.45, 7) is 0.0452. The number of thiocarbonyl (C=S) groups is 1. The van der Waals surface area contributed by atoms with Gasteiger partial charge in [-0.25, -0.2) is 0 Å². The van der Waals surface area contributed by atoms with Crippen LogP contribution < -0.4 is 10.1 Å². The first-order valence-electron chi connectivity index (χ1n) is 9.82. The minimum Gasteiger partial charge on any atom is -0.497 e. The molecule has 9 heteroatoms. The number of rotatable bonds is 9. The highest BCUT2D eigenvalue weighted by Crippen LogP contribution is 2.30. The molecule has 33 heavy (non-hydrogen) atoms. The Kier molecular flexibility index (Phi) is 8.71. The Balaban J connectivity index is 1.62. The molecule has 0 aliphatic carbocycles. The maximum Gasteiger partial charge on any atom is 0.265 e. The molecule has 0 bridgehead atoms. The van der Waals surface area contributed by atoms with Crippen molar-refractivity contribution in [3.63, 3.8) is 0 Å². The first kappa shape index (κ1) is 24.6. The predicted octanol–water partition coefficient (Wildman–Crippen LogP) is 4.98. The average Bonchev–Trinajstić information content (AvgIpc) is 3.29. The summed E-state index contributed by atoms with van der Waals surface area (Å²) in [6.07, 6.45) is 1.46. The van der Waals surface area contributed by atoms with Crippen LogP contribution in [0.2, 0.25) is 5.02 Å². The standard InChI is InChI=1S/C24H21ClN2O4S2/c1-30-17-6-4-5-16(11-17)13-26-23(28)14-27(15-32)24(29)22(33)12-18-9-10-21(31-18)19-7-2-3-8-20(19)25/h2-12,15,33H,13-14H2,1H3,(H,26,28)/b22-12-. The topological polar surface area (TPSA) is 71.8 Å². The van der Waals surface area contributed by atoms with Gasteiger partial charge in [0.1, 0.15) is 23.8 Å². The Bertz CT molecular complexity index is 1190. The zero-order chi connectivity index (χ0) is 23.8. The highest BCUT2D eigenvalue weighted by molar-refractivity contribution is 7.85. The van der Waals surface area contributed by atoms with Crippen molar-refractivity contribution >= 4 is 59.8 Å². The van der Waals surface area contributed by atoms with Gasteiger partial charge in [0.25, 0.3) is 5.91 Å². The van der Waals surface area contributed by atoms with Crippen LogP contribution >= 0.6 is 36.4 Å². The molecule has 0 saturated carbocycles. The maximum atomic E-state index is 12.7. The number of carbonyl (C=O) groups excluding carboxylic acids is 2. The van der Waals surface area contributed by atoms with Gasteiger partial charge in [0.05, 0.1) is 22.5 Å². The van der Waals surface area contributed by atoms with Crippen LogP contribution in [-0.4, -0.2) is 35.9 Å². The summed E-state index contributed by atoms with van der Waals surface area (Å²) in [5.74, 6) is 0.769. The second kappa shape index (κ2) is 11.7. The summed E-state index contributed by atoms with van der Waals surface area (Å²) in [5, 5.41) is 3.31. The molecule has 170 valence electrons. The molecule has 0 fully saturated rings. The number of carbonyl (C=O) groups is 2. The third-order valence-electron chi connectivity index (χ3n) is 4.59. The van der Waals surface area contributed by atoms with E-state index in [1.165, 1.54) is 6.08 Å². The molecule has 0 unspecified atom stereocenters. The summed E-state index contributed by atoms with van der Waals surface area (Å²) in [6, 6.07) is 18.0. The van der Waals surface area contributed by atoms with Gasteiger partial charge in [0, 0.05) is 12.1 Å². The van der Waals surface area contributed by atoms with Crippen molar-refractivity contribution in [2.24, 2.45) is 0 Å². The van der Waals surface area contributed by atoms with E-state index in [0.29, 0.717) is 22.3 Å². The molecule has 3 rings (SSSR count). The quantitative estimate of drug-likeness (QED) is 0.246. The number of hydrogen-bond acceptors (Lipinski definition) is 6. The summed E-state index contributed by atoms with van der Waals surface area (Å²) >= 11 is 15.4. The molecule has 1 aromatic heterocycles. The largest absolute Gasteiger partial charge is 0.497 e. The summed E-state index contributed by atoms with van der Waals surface area (Å²) in [7, 11) is 1.57. The third kappa shape index (κ3) is 6.71. The number of benzene rings is 2. The molecule has 0 atom stereocenters. The lowest BCUT2D eigenvalue weighted by atomic mass is 10.2. The van der Waals surface area contributed by atoms with E-state index in [4.69, 9.17) is 33.0 Å². The highest BCUT2D eigenvalue weighted by atomic mass is 35.5. The minimum atomic E-state index is -0.527. The SMILES string of the molecule is COc1cccc(CNC(=O)CN(C=S)C(=O)/C(S)=C/c2ccc(-c3ccccc3Cl)o2)c1. The van der Waals surface area contributed by atoms with Crippen LogP contribution in [0.25, 0.3) is 17.4 Å². The van der Waals surface area contributed by atoms with Crippen LogP contribution in [0.3, 0.4) is 0 Å². The van der Waals surface area contributed by atoms with Crippen LogP contribution in [0, 0.1) is 0 Å². The number of thiol groups is 1. The fraction of sp³-hybridized carbons (Fsp3) is 0.125. The van der Waals surface area contributed by atoms with E-state index in [9.17, 15) is 9.59 Å². The summed E-state index contributed by atoms with van der Waals surface area (Å²) < 4.78 is 10.9. The van der Waals surface area contributed by atoms with Gasteiger partial charge in [-0.2, -0.15) is 0 Å². The normalized spacial score (nSPS) is 11.1. The smallest absolute Gasteiger partial charge is 0.265 e. The van der Waals surface area contributed by atoms with Crippen molar-refractivity contribution in [2.75, 3.05) is 13.7 Å². The maximum absolute atomic E-state index is 12.7. The van der Waals surface area contributed by atoms with Gasteiger partial charge in [-0.3, -0.25) is 14.5 Å². The zero-order valence-corrected chi connectivity index (χ0v) is 20.1. The van der Waals surface area contributed by atoms with E-state index in [0.717, 1.165) is 21.5 Å². The van der Waals surface area contributed by atoms with Crippen molar-refractivity contribution in [3.8, 4) is 17.1 Å². The van der Waals surface area contributed by atoms with Gasteiger partial charge >= 0.3 is 0 Å². The van der Waals surface area contributed by atoms with Gasteiger partial charge in [0.2, 0.25) is 5.91 Å². The van der Waals surface area contributed by atoms with E-state index in [1.54, 1.807) is 25.3 Å². The van der Waals surface area contributed by atoms with Crippen LogP contribution in [0.15, 0.2) is 70.0 Å². The van der Waals surface area contributed by atoms with Gasteiger partial charge in [-0.1, -0.05) is 48.1 Å². The molecular formula is C24H21ClN2O4S2.